The molecular formula is C18H16N2O3S2. The lowest BCUT2D eigenvalue weighted by Crippen LogP contribution is -2.08. The number of hydrogen-bond donors (Lipinski definition) is 0. The zero-order valence-electron chi connectivity index (χ0n) is 13.4. The third kappa shape index (κ3) is 3.93. The molecule has 0 bridgehead atoms. The highest BCUT2D eigenvalue weighted by Gasteiger charge is 2.13. The average molecular weight is 372 g/mol. The minimum atomic E-state index is -0.285. The molecule has 0 saturated heterocycles. The van der Waals surface area contributed by atoms with Crippen LogP contribution >= 0.6 is 23.1 Å². The number of esters is 1. The fourth-order valence-electron chi connectivity index (χ4n) is 2.78. The first kappa shape index (κ1) is 16.4. The minimum absolute atomic E-state index is 0.0250. The summed E-state index contributed by atoms with van der Waals surface area (Å²) in [4.78, 5) is 17.3. The highest BCUT2D eigenvalue weighted by molar-refractivity contribution is 8.00. The van der Waals surface area contributed by atoms with Crippen molar-refractivity contribution in [2.24, 2.45) is 0 Å². The van der Waals surface area contributed by atoms with Crippen molar-refractivity contribution in [3.8, 4) is 11.5 Å². The average Bonchev–Trinajstić information content (AvgIpc) is 3.38. The van der Waals surface area contributed by atoms with E-state index in [2.05, 4.69) is 28.3 Å². The fraction of sp³-hybridized carbons (Fsp3) is 0.278. The number of carbonyl (C=O) groups excluding carboxylic acids is 1. The number of benzene rings is 1. The quantitative estimate of drug-likeness (QED) is 0.479. The van der Waals surface area contributed by atoms with Crippen molar-refractivity contribution < 1.29 is 14.1 Å². The zero-order valence-corrected chi connectivity index (χ0v) is 15.1. The summed E-state index contributed by atoms with van der Waals surface area (Å²) in [5.41, 5.74) is 3.72. The second kappa shape index (κ2) is 7.41. The molecule has 1 aliphatic rings. The number of rotatable bonds is 6. The number of fused-ring (bicyclic) bond motifs is 1. The van der Waals surface area contributed by atoms with Gasteiger partial charge in [-0.25, -0.2) is 0 Å². The summed E-state index contributed by atoms with van der Waals surface area (Å²) in [5, 5.41) is 7.70. The Morgan fingerprint density at radius 3 is 3.08 bits per heavy atom. The van der Waals surface area contributed by atoms with Gasteiger partial charge in [0.2, 0.25) is 5.82 Å². The lowest BCUT2D eigenvalue weighted by molar-refractivity contribution is -0.141. The van der Waals surface area contributed by atoms with E-state index in [1.165, 1.54) is 35.7 Å². The SMILES string of the molecule is O=C(CSc1ccc2c(c1)CCC2)OCc1noc(-c2ccsc2)n1. The van der Waals surface area contributed by atoms with Crippen molar-refractivity contribution in [2.75, 3.05) is 5.75 Å². The number of thiophene rings is 1. The van der Waals surface area contributed by atoms with E-state index in [4.69, 9.17) is 9.26 Å². The number of nitrogens with zero attached hydrogens (tertiary/aromatic N) is 2. The van der Waals surface area contributed by atoms with Crippen LogP contribution in [0.4, 0.5) is 0 Å². The first-order valence-corrected chi connectivity index (χ1v) is 9.96. The molecule has 0 saturated carbocycles. The molecule has 4 rings (SSSR count). The zero-order chi connectivity index (χ0) is 17.1. The molecule has 128 valence electrons. The maximum Gasteiger partial charge on any atom is 0.316 e. The topological polar surface area (TPSA) is 65.2 Å². The van der Waals surface area contributed by atoms with Crippen LogP contribution in [-0.2, 0) is 29.0 Å². The normalized spacial score (nSPS) is 13.0. The highest BCUT2D eigenvalue weighted by atomic mass is 32.2. The van der Waals surface area contributed by atoms with Gasteiger partial charge in [0.05, 0.1) is 11.3 Å². The van der Waals surface area contributed by atoms with Crippen LogP contribution in [0.25, 0.3) is 11.5 Å². The maximum atomic E-state index is 11.9. The molecule has 1 aliphatic carbocycles. The first-order chi connectivity index (χ1) is 12.3. The van der Waals surface area contributed by atoms with Gasteiger partial charge in [-0.2, -0.15) is 16.3 Å². The smallest absolute Gasteiger partial charge is 0.316 e. The minimum Gasteiger partial charge on any atom is -0.457 e. The summed E-state index contributed by atoms with van der Waals surface area (Å²) in [6.07, 6.45) is 3.53. The fourth-order valence-corrected chi connectivity index (χ4v) is 4.17. The van der Waals surface area contributed by atoms with Crippen molar-refractivity contribution in [2.45, 2.75) is 30.8 Å². The third-order valence-corrected chi connectivity index (χ3v) is 5.68. The Balaban J connectivity index is 1.27. The van der Waals surface area contributed by atoms with Crippen molar-refractivity contribution in [3.63, 3.8) is 0 Å². The second-order valence-corrected chi connectivity index (χ2v) is 7.59. The van der Waals surface area contributed by atoms with Gasteiger partial charge in [0, 0.05) is 10.3 Å². The van der Waals surface area contributed by atoms with E-state index in [1.807, 2.05) is 16.8 Å². The van der Waals surface area contributed by atoms with Crippen molar-refractivity contribution in [3.05, 3.63) is 52.0 Å². The van der Waals surface area contributed by atoms with Gasteiger partial charge in [-0.05, 0) is 54.0 Å². The van der Waals surface area contributed by atoms with Crippen LogP contribution in [0.5, 0.6) is 0 Å². The van der Waals surface area contributed by atoms with Gasteiger partial charge in [-0.15, -0.1) is 11.8 Å². The molecule has 0 N–H and O–H groups in total. The molecule has 7 heteroatoms. The van der Waals surface area contributed by atoms with E-state index in [0.717, 1.165) is 16.9 Å². The van der Waals surface area contributed by atoms with Gasteiger partial charge in [0.25, 0.3) is 5.89 Å². The second-order valence-electron chi connectivity index (χ2n) is 5.76. The molecule has 3 aromatic rings. The number of aryl methyl sites for hydroxylation is 2. The highest BCUT2D eigenvalue weighted by Crippen LogP contribution is 2.27. The van der Waals surface area contributed by atoms with E-state index in [0.29, 0.717) is 11.7 Å². The lowest BCUT2D eigenvalue weighted by atomic mass is 10.1. The Bertz CT molecular complexity index is 874. The Morgan fingerprint density at radius 1 is 1.28 bits per heavy atom. The van der Waals surface area contributed by atoms with Crippen LogP contribution in [0.3, 0.4) is 0 Å². The Kier molecular flexibility index (Phi) is 4.85. The van der Waals surface area contributed by atoms with Crippen LogP contribution in [-0.4, -0.2) is 21.9 Å². The van der Waals surface area contributed by atoms with Gasteiger partial charge < -0.3 is 9.26 Å². The van der Waals surface area contributed by atoms with Crippen LogP contribution in [0.15, 0.2) is 44.4 Å². The van der Waals surface area contributed by atoms with Crippen LogP contribution in [0.1, 0.15) is 23.4 Å². The van der Waals surface area contributed by atoms with E-state index < -0.39 is 0 Å². The van der Waals surface area contributed by atoms with E-state index in [9.17, 15) is 4.79 Å². The molecule has 1 aromatic carbocycles. The molecule has 0 fully saturated rings. The van der Waals surface area contributed by atoms with E-state index in [-0.39, 0.29) is 18.3 Å². The summed E-state index contributed by atoms with van der Waals surface area (Å²) >= 11 is 3.05. The van der Waals surface area contributed by atoms with Crippen molar-refractivity contribution in [1.82, 2.24) is 10.1 Å². The summed E-state index contributed by atoms with van der Waals surface area (Å²) in [6.45, 7) is 0.0250. The molecule has 0 atom stereocenters. The standard InChI is InChI=1S/C18H16N2O3S2/c21-17(11-25-15-5-4-12-2-1-3-13(12)8-15)22-9-16-19-18(23-20-16)14-6-7-24-10-14/h4-8,10H,1-3,9,11H2. The molecule has 0 amide bonds. The number of thioether (sulfide) groups is 1. The predicted octanol–water partition coefficient (Wildman–Crippen LogP) is 4.12. The molecule has 2 aromatic heterocycles. The summed E-state index contributed by atoms with van der Waals surface area (Å²) in [7, 11) is 0. The maximum absolute atomic E-state index is 11.9. The van der Waals surface area contributed by atoms with Crippen molar-refractivity contribution >= 4 is 29.1 Å². The molecule has 0 unspecified atom stereocenters. The van der Waals surface area contributed by atoms with Gasteiger partial charge in [-0.1, -0.05) is 11.2 Å². The Hall–Kier alpha value is -2.12. The molecule has 25 heavy (non-hydrogen) atoms. The number of hydrogen-bond acceptors (Lipinski definition) is 7. The summed E-state index contributed by atoms with van der Waals surface area (Å²) in [5.74, 6) is 0.804. The van der Waals surface area contributed by atoms with Gasteiger partial charge in [-0.3, -0.25) is 4.79 Å². The van der Waals surface area contributed by atoms with Crippen LogP contribution < -0.4 is 0 Å². The number of aromatic nitrogens is 2. The monoisotopic (exact) mass is 372 g/mol. The van der Waals surface area contributed by atoms with Crippen molar-refractivity contribution in [1.29, 1.82) is 0 Å². The number of ether oxygens (including phenoxy) is 1. The van der Waals surface area contributed by atoms with Gasteiger partial charge in [0.15, 0.2) is 6.61 Å². The first-order valence-electron chi connectivity index (χ1n) is 8.03. The van der Waals surface area contributed by atoms with Crippen LogP contribution in [0.2, 0.25) is 0 Å². The Labute approximate surface area is 153 Å². The predicted molar refractivity (Wildman–Crippen MR) is 96.6 cm³/mol. The molecule has 0 aliphatic heterocycles. The lowest BCUT2D eigenvalue weighted by Gasteiger charge is -2.05. The van der Waals surface area contributed by atoms with Gasteiger partial charge in [0.1, 0.15) is 0 Å². The third-order valence-electron chi connectivity index (χ3n) is 4.03. The summed E-state index contributed by atoms with van der Waals surface area (Å²) < 4.78 is 10.4. The van der Waals surface area contributed by atoms with Crippen LogP contribution in [0, 0.1) is 0 Å². The largest absolute Gasteiger partial charge is 0.457 e. The van der Waals surface area contributed by atoms with E-state index >= 15 is 0 Å². The molecular weight excluding hydrogens is 356 g/mol. The molecule has 0 radical (unpaired) electrons. The van der Waals surface area contributed by atoms with E-state index in [1.54, 1.807) is 11.3 Å². The molecule has 2 heterocycles. The molecule has 5 nitrogen and oxygen atoms in total. The Morgan fingerprint density at radius 2 is 2.20 bits per heavy atom. The van der Waals surface area contributed by atoms with Gasteiger partial charge >= 0.3 is 5.97 Å². The molecule has 0 spiro atoms. The number of carbonyl (C=O) groups is 1. The summed E-state index contributed by atoms with van der Waals surface area (Å²) in [6, 6.07) is 8.34.